The van der Waals surface area contributed by atoms with Gasteiger partial charge in [-0.2, -0.15) is 13.2 Å². The number of alkyl halides is 3. The zero-order valence-corrected chi connectivity index (χ0v) is 15.5. The molecule has 1 unspecified atom stereocenters. The quantitative estimate of drug-likeness (QED) is 0.598. The Balaban J connectivity index is 2.48. The third-order valence-corrected chi connectivity index (χ3v) is 5.88. The molecule has 5 nitrogen and oxygen atoms in total. The maximum absolute atomic E-state index is 12.2. The van der Waals surface area contributed by atoms with Gasteiger partial charge in [-0.25, -0.2) is 13.2 Å². The van der Waals surface area contributed by atoms with Crippen LogP contribution < -0.4 is 0 Å². The monoisotopic (exact) mass is 385 g/mol. The summed E-state index contributed by atoms with van der Waals surface area (Å²) in [5.41, 5.74) is -0.800. The summed E-state index contributed by atoms with van der Waals surface area (Å²) in [6.45, 7) is 7.53. The number of hydrogen-bond acceptors (Lipinski definition) is 4. The molecule has 0 spiro atoms. The van der Waals surface area contributed by atoms with Gasteiger partial charge in [0.05, 0.1) is 17.9 Å². The Kier molecular flexibility index (Phi) is 7.34. The normalized spacial score (nSPS) is 19.1. The largest absolute Gasteiger partial charge is 0.439 e. The number of ether oxygens (including phenoxy) is 1. The molecule has 25 heavy (non-hydrogen) atoms. The minimum Gasteiger partial charge on any atom is -0.439 e. The molecule has 0 saturated carbocycles. The number of hydrogen-bond donors (Lipinski definition) is 0. The van der Waals surface area contributed by atoms with Crippen molar-refractivity contribution < 1.29 is 31.1 Å². The van der Waals surface area contributed by atoms with E-state index in [0.717, 1.165) is 12.8 Å². The Bertz CT molecular complexity index is 572. The van der Waals surface area contributed by atoms with Crippen molar-refractivity contribution in [2.24, 2.45) is 0 Å². The van der Waals surface area contributed by atoms with E-state index in [1.165, 1.54) is 6.08 Å². The van der Waals surface area contributed by atoms with Crippen LogP contribution in [0.2, 0.25) is 0 Å². The smallest absolute Gasteiger partial charge is 0.410 e. The van der Waals surface area contributed by atoms with Crippen LogP contribution in [0.3, 0.4) is 0 Å². The lowest BCUT2D eigenvalue weighted by Gasteiger charge is -2.29. The number of carbonyl (C=O) groups is 1. The standard InChI is InChI=1S/C16H26F3NO4S/c1-4-15(2,3)24-14(21)20-10-5-7-13(20)8-6-11-25(22,23)12-9-16(17,18)19/h4,13H,1,5-12H2,2-3H3. The van der Waals surface area contributed by atoms with Crippen LogP contribution in [0.15, 0.2) is 12.7 Å². The average Bonchev–Trinajstić information content (AvgIpc) is 2.93. The lowest BCUT2D eigenvalue weighted by atomic mass is 10.1. The maximum atomic E-state index is 12.2. The summed E-state index contributed by atoms with van der Waals surface area (Å²) < 4.78 is 65.1. The Morgan fingerprint density at radius 1 is 1.32 bits per heavy atom. The van der Waals surface area contributed by atoms with Crippen LogP contribution in [0, 0.1) is 0 Å². The van der Waals surface area contributed by atoms with E-state index in [4.69, 9.17) is 4.74 Å². The van der Waals surface area contributed by atoms with Gasteiger partial charge in [0.2, 0.25) is 0 Å². The third kappa shape index (κ3) is 8.11. The van der Waals surface area contributed by atoms with E-state index in [1.807, 2.05) is 0 Å². The van der Waals surface area contributed by atoms with E-state index in [1.54, 1.807) is 18.7 Å². The second kappa shape index (κ2) is 8.42. The van der Waals surface area contributed by atoms with Crippen molar-refractivity contribution in [1.29, 1.82) is 0 Å². The molecule has 1 atom stereocenters. The minimum absolute atomic E-state index is 0.147. The molecule has 0 aromatic carbocycles. The molecule has 9 heteroatoms. The molecular formula is C16H26F3NO4S. The molecule has 146 valence electrons. The van der Waals surface area contributed by atoms with Gasteiger partial charge in [0.25, 0.3) is 0 Å². The first kappa shape index (κ1) is 21.8. The van der Waals surface area contributed by atoms with E-state index in [2.05, 4.69) is 6.58 Å². The first-order chi connectivity index (χ1) is 11.4. The highest BCUT2D eigenvalue weighted by Crippen LogP contribution is 2.25. The first-order valence-corrected chi connectivity index (χ1v) is 10.1. The molecule has 1 saturated heterocycles. The lowest BCUT2D eigenvalue weighted by molar-refractivity contribution is -0.129. The van der Waals surface area contributed by atoms with Crippen LogP contribution in [0.5, 0.6) is 0 Å². The molecule has 0 radical (unpaired) electrons. The Morgan fingerprint density at radius 2 is 1.96 bits per heavy atom. The van der Waals surface area contributed by atoms with Gasteiger partial charge >= 0.3 is 12.3 Å². The van der Waals surface area contributed by atoms with Crippen molar-refractivity contribution in [2.75, 3.05) is 18.1 Å². The van der Waals surface area contributed by atoms with E-state index in [0.29, 0.717) is 13.0 Å². The van der Waals surface area contributed by atoms with Gasteiger partial charge in [-0.3, -0.25) is 0 Å². The topological polar surface area (TPSA) is 63.7 Å². The Labute approximate surface area is 147 Å². The van der Waals surface area contributed by atoms with Crippen molar-refractivity contribution in [2.45, 2.75) is 63.8 Å². The van der Waals surface area contributed by atoms with Crippen molar-refractivity contribution in [1.82, 2.24) is 4.90 Å². The molecule has 0 N–H and O–H groups in total. The predicted octanol–water partition coefficient (Wildman–Crippen LogP) is 3.70. The number of carbonyl (C=O) groups excluding carboxylic acids is 1. The van der Waals surface area contributed by atoms with Crippen LogP contribution in [0.25, 0.3) is 0 Å². The van der Waals surface area contributed by atoms with E-state index in [9.17, 15) is 26.4 Å². The highest BCUT2D eigenvalue weighted by molar-refractivity contribution is 7.91. The van der Waals surface area contributed by atoms with Crippen molar-refractivity contribution in [3.63, 3.8) is 0 Å². The average molecular weight is 385 g/mol. The van der Waals surface area contributed by atoms with Gasteiger partial charge in [0, 0.05) is 12.6 Å². The van der Waals surface area contributed by atoms with Gasteiger partial charge in [0.15, 0.2) is 9.84 Å². The fourth-order valence-corrected chi connectivity index (χ4v) is 3.97. The second-order valence-corrected chi connectivity index (χ2v) is 9.13. The second-order valence-electron chi connectivity index (χ2n) is 6.82. The number of amides is 1. The van der Waals surface area contributed by atoms with Crippen LogP contribution in [-0.4, -0.2) is 55.3 Å². The molecule has 1 amide bonds. The molecule has 0 bridgehead atoms. The fourth-order valence-electron chi connectivity index (χ4n) is 2.61. The molecule has 0 aromatic rings. The first-order valence-electron chi connectivity index (χ1n) is 8.26. The van der Waals surface area contributed by atoms with Gasteiger partial charge in [0.1, 0.15) is 5.60 Å². The molecule has 0 aromatic heterocycles. The van der Waals surface area contributed by atoms with Gasteiger partial charge in [-0.1, -0.05) is 6.58 Å². The molecular weight excluding hydrogens is 359 g/mol. The summed E-state index contributed by atoms with van der Waals surface area (Å²) in [4.78, 5) is 13.8. The molecule has 1 aliphatic rings. The number of likely N-dealkylation sites (tertiary alicyclic amines) is 1. The molecule has 1 fully saturated rings. The van der Waals surface area contributed by atoms with Gasteiger partial charge < -0.3 is 9.64 Å². The zero-order valence-electron chi connectivity index (χ0n) is 14.6. The van der Waals surface area contributed by atoms with E-state index >= 15 is 0 Å². The van der Waals surface area contributed by atoms with Gasteiger partial charge in [-0.15, -0.1) is 0 Å². The third-order valence-electron chi connectivity index (χ3n) is 4.14. The summed E-state index contributed by atoms with van der Waals surface area (Å²) in [6.07, 6.45) is -2.60. The van der Waals surface area contributed by atoms with Crippen molar-refractivity contribution in [3.8, 4) is 0 Å². The summed E-state index contributed by atoms with van der Waals surface area (Å²) in [6, 6.07) is -0.147. The number of halogens is 3. The molecule has 1 aliphatic heterocycles. The summed E-state index contributed by atoms with van der Waals surface area (Å²) in [5.74, 6) is -1.19. The number of nitrogens with zero attached hydrogens (tertiary/aromatic N) is 1. The summed E-state index contributed by atoms with van der Waals surface area (Å²) >= 11 is 0. The summed E-state index contributed by atoms with van der Waals surface area (Å²) in [5, 5.41) is 0. The lowest BCUT2D eigenvalue weighted by Crippen LogP contribution is -2.40. The zero-order chi connectivity index (χ0) is 19.3. The van der Waals surface area contributed by atoms with Crippen LogP contribution in [-0.2, 0) is 14.6 Å². The number of sulfone groups is 1. The fraction of sp³-hybridized carbons (Fsp3) is 0.812. The Hall–Kier alpha value is -1.25. The van der Waals surface area contributed by atoms with Crippen molar-refractivity contribution in [3.05, 3.63) is 12.7 Å². The molecule has 1 rings (SSSR count). The van der Waals surface area contributed by atoms with Crippen molar-refractivity contribution >= 4 is 15.9 Å². The van der Waals surface area contributed by atoms with Crippen LogP contribution >= 0.6 is 0 Å². The highest BCUT2D eigenvalue weighted by atomic mass is 32.2. The SMILES string of the molecule is C=CC(C)(C)OC(=O)N1CCCC1CCCS(=O)(=O)CCC(F)(F)F. The highest BCUT2D eigenvalue weighted by Gasteiger charge is 2.33. The van der Waals surface area contributed by atoms with E-state index in [-0.39, 0.29) is 18.2 Å². The molecule has 0 aliphatic carbocycles. The minimum atomic E-state index is -4.48. The number of rotatable bonds is 8. The molecule has 1 heterocycles. The predicted molar refractivity (Wildman–Crippen MR) is 89.0 cm³/mol. The summed E-state index contributed by atoms with van der Waals surface area (Å²) in [7, 11) is -3.74. The van der Waals surface area contributed by atoms with Gasteiger partial charge in [-0.05, 0) is 45.6 Å². The van der Waals surface area contributed by atoms with Crippen LogP contribution in [0.4, 0.5) is 18.0 Å². The maximum Gasteiger partial charge on any atom is 0.410 e. The Morgan fingerprint density at radius 3 is 2.52 bits per heavy atom. The van der Waals surface area contributed by atoms with Crippen LogP contribution in [0.1, 0.15) is 46.0 Å². The van der Waals surface area contributed by atoms with E-state index < -0.39 is 39.9 Å².